The topological polar surface area (TPSA) is 92.2 Å². The molecule has 0 saturated carbocycles. The van der Waals surface area contributed by atoms with Crippen molar-refractivity contribution in [3.8, 4) is 0 Å². The number of rotatable bonds is 6. The Labute approximate surface area is 122 Å². The number of aromatic carboxylic acids is 1. The van der Waals surface area contributed by atoms with E-state index in [1.807, 2.05) is 6.92 Å². The second-order valence-electron chi connectivity index (χ2n) is 4.12. The third-order valence-corrected chi connectivity index (χ3v) is 5.36. The summed E-state index contributed by atoms with van der Waals surface area (Å²) in [7, 11) is -0.839. The van der Waals surface area contributed by atoms with Gasteiger partial charge in [0.2, 0.25) is 0 Å². The number of nitrogens with zero attached hydrogens (tertiary/aromatic N) is 2. The highest BCUT2D eigenvalue weighted by molar-refractivity contribution is 7.84. The lowest BCUT2D eigenvalue weighted by Crippen LogP contribution is -2.13. The van der Waals surface area contributed by atoms with Gasteiger partial charge in [-0.1, -0.05) is 6.92 Å². The highest BCUT2D eigenvalue weighted by Gasteiger charge is 2.18. The third kappa shape index (κ3) is 2.96. The van der Waals surface area contributed by atoms with Gasteiger partial charge in [-0.3, -0.25) is 4.21 Å². The van der Waals surface area contributed by atoms with Crippen molar-refractivity contribution in [2.24, 2.45) is 0 Å². The van der Waals surface area contributed by atoms with E-state index in [1.165, 1.54) is 6.33 Å². The van der Waals surface area contributed by atoms with Crippen LogP contribution in [0.5, 0.6) is 0 Å². The molecule has 0 aliphatic heterocycles. The van der Waals surface area contributed by atoms with Gasteiger partial charge in [0.05, 0.1) is 5.39 Å². The standard InChI is InChI=1S/C12H15N3O3S2/c1-3-20(18)5-4-13-10-8-7(2)9(12(16)17)19-11(8)15-6-14-10/h6H,3-5H2,1-2H3,(H,16,17)(H,13,14,15). The number of fused-ring (bicyclic) bond motifs is 1. The van der Waals surface area contributed by atoms with Gasteiger partial charge in [-0.2, -0.15) is 0 Å². The van der Waals surface area contributed by atoms with Crippen molar-refractivity contribution < 1.29 is 14.1 Å². The maximum Gasteiger partial charge on any atom is 0.346 e. The van der Waals surface area contributed by atoms with Gasteiger partial charge in [-0.15, -0.1) is 11.3 Å². The Morgan fingerprint density at radius 2 is 2.25 bits per heavy atom. The average Bonchev–Trinajstić information content (AvgIpc) is 2.77. The molecule has 0 spiro atoms. The van der Waals surface area contributed by atoms with E-state index in [4.69, 9.17) is 5.11 Å². The van der Waals surface area contributed by atoms with Crippen molar-refractivity contribution in [2.75, 3.05) is 23.4 Å². The van der Waals surface area contributed by atoms with Crippen LogP contribution in [0.1, 0.15) is 22.2 Å². The summed E-state index contributed by atoms with van der Waals surface area (Å²) in [5, 5.41) is 13.0. The van der Waals surface area contributed by atoms with Crippen LogP contribution in [0.2, 0.25) is 0 Å². The minimum atomic E-state index is -0.955. The van der Waals surface area contributed by atoms with Gasteiger partial charge >= 0.3 is 5.97 Å². The van der Waals surface area contributed by atoms with E-state index in [9.17, 15) is 9.00 Å². The number of aromatic nitrogens is 2. The summed E-state index contributed by atoms with van der Waals surface area (Å²) in [6.45, 7) is 4.16. The van der Waals surface area contributed by atoms with Crippen LogP contribution < -0.4 is 5.32 Å². The van der Waals surface area contributed by atoms with E-state index < -0.39 is 16.8 Å². The first-order chi connectivity index (χ1) is 9.54. The molecular formula is C12H15N3O3S2. The van der Waals surface area contributed by atoms with Crippen molar-refractivity contribution in [2.45, 2.75) is 13.8 Å². The Balaban J connectivity index is 2.29. The van der Waals surface area contributed by atoms with Crippen LogP contribution in [-0.4, -0.2) is 43.3 Å². The average molecular weight is 313 g/mol. The van der Waals surface area contributed by atoms with Crippen LogP contribution in [-0.2, 0) is 10.8 Å². The molecule has 6 nitrogen and oxygen atoms in total. The molecule has 2 heterocycles. The van der Waals surface area contributed by atoms with Crippen molar-refractivity contribution in [1.29, 1.82) is 0 Å². The molecule has 0 aliphatic rings. The van der Waals surface area contributed by atoms with Crippen LogP contribution in [0, 0.1) is 6.92 Å². The largest absolute Gasteiger partial charge is 0.477 e. The maximum atomic E-state index is 11.4. The van der Waals surface area contributed by atoms with Crippen molar-refractivity contribution in [1.82, 2.24) is 9.97 Å². The summed E-state index contributed by atoms with van der Waals surface area (Å²) in [5.41, 5.74) is 0.664. The van der Waals surface area contributed by atoms with Gasteiger partial charge in [0, 0.05) is 28.9 Å². The van der Waals surface area contributed by atoms with Gasteiger partial charge in [0.15, 0.2) is 0 Å². The van der Waals surface area contributed by atoms with Crippen molar-refractivity contribution >= 4 is 44.1 Å². The lowest BCUT2D eigenvalue weighted by Gasteiger charge is -2.06. The predicted octanol–water partition coefficient (Wildman–Crippen LogP) is 1.88. The monoisotopic (exact) mass is 313 g/mol. The first-order valence-corrected chi connectivity index (χ1v) is 8.41. The molecule has 0 aliphatic carbocycles. The highest BCUT2D eigenvalue weighted by Crippen LogP contribution is 2.32. The van der Waals surface area contributed by atoms with E-state index in [0.717, 1.165) is 16.7 Å². The maximum absolute atomic E-state index is 11.4. The van der Waals surface area contributed by atoms with E-state index in [-0.39, 0.29) is 4.88 Å². The number of aryl methyl sites for hydroxylation is 1. The lowest BCUT2D eigenvalue weighted by molar-refractivity contribution is 0.0701. The normalized spacial score (nSPS) is 12.5. The van der Waals surface area contributed by atoms with Gasteiger partial charge in [-0.25, -0.2) is 14.8 Å². The Hall–Kier alpha value is -1.54. The van der Waals surface area contributed by atoms with Crippen LogP contribution >= 0.6 is 11.3 Å². The second kappa shape index (κ2) is 6.27. The Morgan fingerprint density at radius 1 is 1.50 bits per heavy atom. The molecule has 0 bridgehead atoms. The van der Waals surface area contributed by atoms with Crippen LogP contribution in [0.4, 0.5) is 5.82 Å². The zero-order valence-electron chi connectivity index (χ0n) is 11.2. The summed E-state index contributed by atoms with van der Waals surface area (Å²) in [6.07, 6.45) is 1.41. The fourth-order valence-corrected chi connectivity index (χ4v) is 3.44. The minimum absolute atomic E-state index is 0.278. The number of nitrogens with one attached hydrogen (secondary N) is 1. The van der Waals surface area contributed by atoms with Gasteiger partial charge in [-0.05, 0) is 12.5 Å². The zero-order valence-corrected chi connectivity index (χ0v) is 12.8. The molecule has 2 aromatic heterocycles. The van der Waals surface area contributed by atoms with Crippen molar-refractivity contribution in [3.05, 3.63) is 16.8 Å². The summed E-state index contributed by atoms with van der Waals surface area (Å²) in [4.78, 5) is 20.3. The van der Waals surface area contributed by atoms with Gasteiger partial charge in [0.1, 0.15) is 21.9 Å². The fourth-order valence-electron chi connectivity index (χ4n) is 1.84. The molecule has 2 N–H and O–H groups in total. The molecule has 0 fully saturated rings. The first-order valence-electron chi connectivity index (χ1n) is 6.10. The van der Waals surface area contributed by atoms with Crippen LogP contribution in [0.3, 0.4) is 0 Å². The molecule has 2 aromatic rings. The number of anilines is 1. The molecule has 20 heavy (non-hydrogen) atoms. The zero-order chi connectivity index (χ0) is 14.7. The quantitative estimate of drug-likeness (QED) is 0.846. The summed E-state index contributed by atoms with van der Waals surface area (Å²) >= 11 is 1.14. The highest BCUT2D eigenvalue weighted by atomic mass is 32.2. The fraction of sp³-hybridized carbons (Fsp3) is 0.417. The van der Waals surface area contributed by atoms with E-state index in [0.29, 0.717) is 34.3 Å². The number of carboxylic acid groups (broad SMARTS) is 1. The molecule has 108 valence electrons. The molecule has 0 amide bonds. The predicted molar refractivity (Wildman–Crippen MR) is 81.2 cm³/mol. The SMILES string of the molecule is CCS(=O)CCNc1ncnc2sc(C(=O)O)c(C)c12. The van der Waals surface area contributed by atoms with E-state index >= 15 is 0 Å². The molecular weight excluding hydrogens is 298 g/mol. The van der Waals surface area contributed by atoms with Crippen LogP contribution in [0.15, 0.2) is 6.33 Å². The third-order valence-electron chi connectivity index (χ3n) is 2.87. The summed E-state index contributed by atoms with van der Waals surface area (Å²) < 4.78 is 11.4. The number of thiophene rings is 1. The second-order valence-corrected chi connectivity index (χ2v) is 6.99. The Bertz CT molecular complexity index is 669. The molecule has 1 unspecified atom stereocenters. The first kappa shape index (κ1) is 14.9. The molecule has 8 heteroatoms. The molecule has 2 rings (SSSR count). The van der Waals surface area contributed by atoms with Gasteiger partial charge < -0.3 is 10.4 Å². The van der Waals surface area contributed by atoms with E-state index in [2.05, 4.69) is 15.3 Å². The van der Waals surface area contributed by atoms with Crippen LogP contribution in [0.25, 0.3) is 10.2 Å². The number of carboxylic acids is 1. The minimum Gasteiger partial charge on any atom is -0.477 e. The van der Waals surface area contributed by atoms with Gasteiger partial charge in [0.25, 0.3) is 0 Å². The summed E-state index contributed by atoms with van der Waals surface area (Å²) in [6, 6.07) is 0. The number of hydrogen-bond acceptors (Lipinski definition) is 6. The molecule has 1 atom stereocenters. The summed E-state index contributed by atoms with van der Waals surface area (Å²) in [5.74, 6) is 0.811. The molecule has 0 saturated heterocycles. The number of carbonyl (C=O) groups is 1. The molecule has 0 aromatic carbocycles. The molecule has 0 radical (unpaired) electrons. The Morgan fingerprint density at radius 3 is 2.90 bits per heavy atom. The smallest absolute Gasteiger partial charge is 0.346 e. The van der Waals surface area contributed by atoms with Crippen molar-refractivity contribution in [3.63, 3.8) is 0 Å². The Kier molecular flexibility index (Phi) is 4.66. The lowest BCUT2D eigenvalue weighted by atomic mass is 10.2. The van der Waals surface area contributed by atoms with E-state index in [1.54, 1.807) is 6.92 Å². The number of hydrogen-bond donors (Lipinski definition) is 2.